The van der Waals surface area contributed by atoms with E-state index >= 15 is 0 Å². The van der Waals surface area contributed by atoms with Gasteiger partial charge in [0, 0.05) is 6.07 Å². The second-order valence-corrected chi connectivity index (χ2v) is 7.19. The van der Waals surface area contributed by atoms with Crippen LogP contribution in [-0.4, -0.2) is 20.6 Å². The Labute approximate surface area is 170 Å². The van der Waals surface area contributed by atoms with Gasteiger partial charge in [0.15, 0.2) is 0 Å². The van der Waals surface area contributed by atoms with E-state index < -0.39 is 5.97 Å². The molecule has 4 aromatic rings. The maximum Gasteiger partial charge on any atom is 0.338 e. The third-order valence-electron chi connectivity index (χ3n) is 4.04. The van der Waals surface area contributed by atoms with Crippen LogP contribution in [0.3, 0.4) is 0 Å². The predicted molar refractivity (Wildman–Crippen MR) is 109 cm³/mol. The van der Waals surface area contributed by atoms with Gasteiger partial charge in [0.05, 0.1) is 11.3 Å². The number of fused-ring (bicyclic) bond motifs is 1. The molecule has 0 N–H and O–H groups in total. The molecule has 0 aliphatic heterocycles. The van der Waals surface area contributed by atoms with Crippen LogP contribution in [0.5, 0.6) is 11.5 Å². The Morgan fingerprint density at radius 3 is 2.66 bits per heavy atom. The first-order chi connectivity index (χ1) is 14.1. The number of aryl methyl sites for hydroxylation is 1. The Bertz CT molecular complexity index is 1220. The number of hydrogen-bond donors (Lipinski definition) is 0. The second-order valence-electron chi connectivity index (χ2n) is 6.15. The van der Waals surface area contributed by atoms with Crippen molar-refractivity contribution < 1.29 is 14.3 Å². The summed E-state index contributed by atoms with van der Waals surface area (Å²) in [5.41, 5.74) is 0.434. The smallest absolute Gasteiger partial charge is 0.338 e. The maximum atomic E-state index is 12.4. The summed E-state index contributed by atoms with van der Waals surface area (Å²) in [6.07, 6.45) is 0.721. The molecule has 0 saturated heterocycles. The first-order valence-electron chi connectivity index (χ1n) is 9.01. The normalized spacial score (nSPS) is 10.8. The number of hydrogen-bond acceptors (Lipinski definition) is 7. The zero-order chi connectivity index (χ0) is 20.2. The molecule has 0 aliphatic carbocycles. The van der Waals surface area contributed by atoms with Gasteiger partial charge in [-0.05, 0) is 36.8 Å². The summed E-state index contributed by atoms with van der Waals surface area (Å²) in [6.45, 7) is 1.86. The van der Waals surface area contributed by atoms with Crippen molar-refractivity contribution in [3.05, 3.63) is 87.3 Å². The van der Waals surface area contributed by atoms with Crippen LogP contribution < -0.4 is 10.3 Å². The lowest BCUT2D eigenvalue weighted by atomic mass is 10.2. The average molecular weight is 407 g/mol. The Hall–Kier alpha value is -3.52. The monoisotopic (exact) mass is 407 g/mol. The summed E-state index contributed by atoms with van der Waals surface area (Å²) >= 11 is 1.34. The van der Waals surface area contributed by atoms with Crippen LogP contribution >= 0.6 is 11.3 Å². The van der Waals surface area contributed by atoms with E-state index in [-0.39, 0.29) is 12.2 Å². The molecule has 0 fully saturated rings. The minimum Gasteiger partial charge on any atom is -0.457 e. The third-order valence-corrected chi connectivity index (χ3v) is 5.09. The van der Waals surface area contributed by atoms with E-state index in [1.165, 1.54) is 21.9 Å². The average Bonchev–Trinajstić information content (AvgIpc) is 3.17. The van der Waals surface area contributed by atoms with Crippen LogP contribution in [0.4, 0.5) is 0 Å². The van der Waals surface area contributed by atoms with E-state index in [0.717, 1.165) is 11.4 Å². The first kappa shape index (κ1) is 18.8. The van der Waals surface area contributed by atoms with Gasteiger partial charge in [-0.25, -0.2) is 9.78 Å². The summed E-state index contributed by atoms with van der Waals surface area (Å²) in [6, 6.07) is 17.3. The van der Waals surface area contributed by atoms with Crippen molar-refractivity contribution in [3.8, 4) is 11.5 Å². The van der Waals surface area contributed by atoms with E-state index in [9.17, 15) is 9.59 Å². The topological polar surface area (TPSA) is 82.8 Å². The summed E-state index contributed by atoms with van der Waals surface area (Å²) in [5, 5.41) is 5.02. The summed E-state index contributed by atoms with van der Waals surface area (Å²) in [7, 11) is 0. The number of benzene rings is 2. The highest BCUT2D eigenvalue weighted by Gasteiger charge is 2.12. The van der Waals surface area contributed by atoms with Gasteiger partial charge in [-0.3, -0.25) is 4.79 Å². The summed E-state index contributed by atoms with van der Waals surface area (Å²) in [4.78, 5) is 29.4. The molecule has 2 aromatic carbocycles. The molecule has 2 heterocycles. The van der Waals surface area contributed by atoms with Crippen molar-refractivity contribution in [1.82, 2.24) is 14.6 Å². The first-order valence-corrected chi connectivity index (χ1v) is 9.83. The quantitative estimate of drug-likeness (QED) is 0.451. The van der Waals surface area contributed by atoms with Crippen molar-refractivity contribution in [2.24, 2.45) is 0 Å². The summed E-state index contributed by atoms with van der Waals surface area (Å²) < 4.78 is 12.3. The Morgan fingerprint density at radius 2 is 1.86 bits per heavy atom. The molecule has 2 aromatic heterocycles. The molecule has 0 unspecified atom stereocenters. The molecule has 8 heteroatoms. The largest absolute Gasteiger partial charge is 0.457 e. The Morgan fingerprint density at radius 1 is 1.07 bits per heavy atom. The Balaban J connectivity index is 1.46. The van der Waals surface area contributed by atoms with Gasteiger partial charge in [-0.1, -0.05) is 42.5 Å². The van der Waals surface area contributed by atoms with Gasteiger partial charge in [0.25, 0.3) is 5.56 Å². The third kappa shape index (κ3) is 4.33. The van der Waals surface area contributed by atoms with Gasteiger partial charge in [0.2, 0.25) is 4.96 Å². The molecule has 0 radical (unpaired) electrons. The second kappa shape index (κ2) is 8.24. The predicted octanol–water partition coefficient (Wildman–Crippen LogP) is 3.86. The van der Waals surface area contributed by atoms with Crippen LogP contribution in [-0.2, 0) is 17.8 Å². The van der Waals surface area contributed by atoms with Crippen molar-refractivity contribution in [2.75, 3.05) is 0 Å². The lowest BCUT2D eigenvalue weighted by molar-refractivity contribution is 0.0467. The molecule has 4 rings (SSSR count). The molecular formula is C21H17N3O4S. The number of nitrogens with zero attached hydrogens (tertiary/aromatic N) is 3. The van der Waals surface area contributed by atoms with Crippen molar-refractivity contribution in [1.29, 1.82) is 0 Å². The fourth-order valence-corrected chi connectivity index (χ4v) is 3.50. The van der Waals surface area contributed by atoms with Gasteiger partial charge in [0.1, 0.15) is 23.1 Å². The number of rotatable bonds is 6. The fraction of sp³-hybridized carbons (Fsp3) is 0.143. The highest BCUT2D eigenvalue weighted by Crippen LogP contribution is 2.22. The zero-order valence-corrected chi connectivity index (χ0v) is 16.4. The maximum absolute atomic E-state index is 12.4. The van der Waals surface area contributed by atoms with Gasteiger partial charge in [-0.2, -0.15) is 9.61 Å². The fourth-order valence-electron chi connectivity index (χ4n) is 2.65. The standard InChI is InChI=1S/C21H17N3O4S/c1-2-18-23-24-19(25)12-15(22-21(24)29-18)13-27-20(26)14-7-6-10-17(11-14)28-16-8-4-3-5-9-16/h3-12H,2,13H2,1H3. The molecule has 0 aliphatic rings. The number of carbonyl (C=O) groups excluding carboxylic acids is 1. The minimum absolute atomic E-state index is 0.103. The molecule has 146 valence electrons. The van der Waals surface area contributed by atoms with E-state index in [1.54, 1.807) is 24.3 Å². The molecule has 0 spiro atoms. The number of carbonyl (C=O) groups is 1. The number of aromatic nitrogens is 3. The highest BCUT2D eigenvalue weighted by molar-refractivity contribution is 7.16. The van der Waals surface area contributed by atoms with E-state index in [4.69, 9.17) is 9.47 Å². The van der Waals surface area contributed by atoms with Crippen LogP contribution in [0.15, 0.2) is 65.5 Å². The Kier molecular flexibility index (Phi) is 5.35. The van der Waals surface area contributed by atoms with Crippen molar-refractivity contribution in [3.63, 3.8) is 0 Å². The van der Waals surface area contributed by atoms with Crippen LogP contribution in [0.25, 0.3) is 4.96 Å². The zero-order valence-electron chi connectivity index (χ0n) is 15.6. The van der Waals surface area contributed by atoms with E-state index in [2.05, 4.69) is 10.1 Å². The molecule has 7 nitrogen and oxygen atoms in total. The summed E-state index contributed by atoms with van der Waals surface area (Å²) in [5.74, 6) is 0.677. The SMILES string of the molecule is CCc1nn2c(=O)cc(COC(=O)c3cccc(Oc4ccccc4)c3)nc2s1. The lowest BCUT2D eigenvalue weighted by Crippen LogP contribution is -2.16. The van der Waals surface area contributed by atoms with Crippen LogP contribution in [0, 0.1) is 0 Å². The van der Waals surface area contributed by atoms with Crippen molar-refractivity contribution >= 4 is 22.3 Å². The molecule has 0 atom stereocenters. The van der Waals surface area contributed by atoms with Crippen molar-refractivity contribution in [2.45, 2.75) is 20.0 Å². The molecule has 29 heavy (non-hydrogen) atoms. The lowest BCUT2D eigenvalue weighted by Gasteiger charge is -2.08. The van der Waals surface area contributed by atoms with Crippen LogP contribution in [0.1, 0.15) is 28.0 Å². The van der Waals surface area contributed by atoms with E-state index in [1.807, 2.05) is 37.3 Å². The van der Waals surface area contributed by atoms with Gasteiger partial charge in [-0.15, -0.1) is 0 Å². The molecule has 0 saturated carbocycles. The number of para-hydroxylation sites is 1. The van der Waals surface area contributed by atoms with Gasteiger partial charge < -0.3 is 9.47 Å². The van der Waals surface area contributed by atoms with Gasteiger partial charge >= 0.3 is 5.97 Å². The molecular weight excluding hydrogens is 390 g/mol. The molecule has 0 amide bonds. The minimum atomic E-state index is -0.524. The number of esters is 1. The van der Waals surface area contributed by atoms with E-state index in [0.29, 0.717) is 27.7 Å². The molecule has 0 bridgehead atoms. The van der Waals surface area contributed by atoms with Crippen LogP contribution in [0.2, 0.25) is 0 Å². The number of ether oxygens (including phenoxy) is 2. The highest BCUT2D eigenvalue weighted by atomic mass is 32.1.